The molecule has 2 fully saturated rings. The molecule has 1 aromatic rings. The molecule has 0 radical (unpaired) electrons. The predicted octanol–water partition coefficient (Wildman–Crippen LogP) is 2.54. The van der Waals surface area contributed by atoms with Crippen molar-refractivity contribution in [2.75, 3.05) is 6.61 Å². The summed E-state index contributed by atoms with van der Waals surface area (Å²) < 4.78 is 5.73. The van der Waals surface area contributed by atoms with Crippen molar-refractivity contribution in [3.8, 4) is 0 Å². The quantitative estimate of drug-likeness (QED) is 0.910. The minimum atomic E-state index is -0.0114. The topological polar surface area (TPSA) is 55.0 Å². The Kier molecular flexibility index (Phi) is 3.97. The van der Waals surface area contributed by atoms with Crippen molar-refractivity contribution >= 4 is 0 Å². The maximum absolute atomic E-state index is 11.8. The normalized spacial score (nSPS) is 24.7. The number of rotatable bonds is 3. The SMILES string of the molecule is O=c1cc(C2CCCC2)nc(CC2CCCCO2)[nH]1. The van der Waals surface area contributed by atoms with Crippen molar-refractivity contribution in [3.63, 3.8) is 0 Å². The molecule has 1 atom stereocenters. The molecule has 0 aromatic carbocycles. The van der Waals surface area contributed by atoms with E-state index in [-0.39, 0.29) is 11.7 Å². The molecule has 0 spiro atoms. The molecule has 1 aliphatic carbocycles. The van der Waals surface area contributed by atoms with Gasteiger partial charge in [-0.1, -0.05) is 12.8 Å². The molecule has 4 nitrogen and oxygen atoms in total. The van der Waals surface area contributed by atoms with Crippen molar-refractivity contribution in [1.82, 2.24) is 9.97 Å². The Hall–Kier alpha value is -1.16. The zero-order valence-electron chi connectivity index (χ0n) is 11.4. The van der Waals surface area contributed by atoms with Gasteiger partial charge in [0.05, 0.1) is 11.8 Å². The summed E-state index contributed by atoms with van der Waals surface area (Å²) in [5, 5.41) is 0. The summed E-state index contributed by atoms with van der Waals surface area (Å²) in [6, 6.07) is 1.68. The van der Waals surface area contributed by atoms with Gasteiger partial charge in [-0.25, -0.2) is 4.98 Å². The van der Waals surface area contributed by atoms with Crippen LogP contribution in [-0.4, -0.2) is 22.7 Å². The van der Waals surface area contributed by atoms with Gasteiger partial charge in [-0.05, 0) is 32.1 Å². The van der Waals surface area contributed by atoms with Gasteiger partial charge in [0.25, 0.3) is 5.56 Å². The minimum Gasteiger partial charge on any atom is -0.378 e. The van der Waals surface area contributed by atoms with Crippen LogP contribution in [0, 0.1) is 0 Å². The minimum absolute atomic E-state index is 0.0114. The molecule has 19 heavy (non-hydrogen) atoms. The summed E-state index contributed by atoms with van der Waals surface area (Å²) in [4.78, 5) is 19.3. The van der Waals surface area contributed by atoms with E-state index in [1.165, 1.54) is 32.1 Å². The summed E-state index contributed by atoms with van der Waals surface area (Å²) in [6.07, 6.45) is 9.31. The van der Waals surface area contributed by atoms with E-state index in [2.05, 4.69) is 9.97 Å². The highest BCUT2D eigenvalue weighted by molar-refractivity contribution is 5.10. The molecule has 1 aromatic heterocycles. The van der Waals surface area contributed by atoms with Crippen molar-refractivity contribution in [2.24, 2.45) is 0 Å². The molecular weight excluding hydrogens is 240 g/mol. The van der Waals surface area contributed by atoms with Crippen LogP contribution in [0.25, 0.3) is 0 Å². The molecule has 1 aliphatic heterocycles. The van der Waals surface area contributed by atoms with Crippen LogP contribution in [0.1, 0.15) is 62.4 Å². The number of aromatic amines is 1. The third-order valence-electron chi connectivity index (χ3n) is 4.28. The Morgan fingerprint density at radius 3 is 2.74 bits per heavy atom. The van der Waals surface area contributed by atoms with E-state index in [0.29, 0.717) is 5.92 Å². The Morgan fingerprint density at radius 1 is 1.21 bits per heavy atom. The van der Waals surface area contributed by atoms with Crippen LogP contribution in [-0.2, 0) is 11.2 Å². The predicted molar refractivity (Wildman–Crippen MR) is 73.4 cm³/mol. The Labute approximate surface area is 113 Å². The van der Waals surface area contributed by atoms with Crippen LogP contribution in [0.3, 0.4) is 0 Å². The number of hydrogen-bond donors (Lipinski definition) is 1. The third-order valence-corrected chi connectivity index (χ3v) is 4.28. The van der Waals surface area contributed by atoms with Crippen LogP contribution in [0.5, 0.6) is 0 Å². The number of nitrogens with one attached hydrogen (secondary N) is 1. The van der Waals surface area contributed by atoms with Gasteiger partial charge in [0.1, 0.15) is 5.82 Å². The maximum Gasteiger partial charge on any atom is 0.251 e. The zero-order chi connectivity index (χ0) is 13.1. The largest absolute Gasteiger partial charge is 0.378 e. The molecule has 1 saturated heterocycles. The lowest BCUT2D eigenvalue weighted by molar-refractivity contribution is 0.0156. The Balaban J connectivity index is 1.74. The van der Waals surface area contributed by atoms with Crippen LogP contribution in [0.4, 0.5) is 0 Å². The van der Waals surface area contributed by atoms with Gasteiger partial charge >= 0.3 is 0 Å². The summed E-state index contributed by atoms with van der Waals surface area (Å²) in [5.41, 5.74) is 0.981. The number of aromatic nitrogens is 2. The summed E-state index contributed by atoms with van der Waals surface area (Å²) in [5.74, 6) is 1.30. The van der Waals surface area contributed by atoms with Crippen molar-refractivity contribution in [1.29, 1.82) is 0 Å². The molecule has 0 bridgehead atoms. The number of hydrogen-bond acceptors (Lipinski definition) is 3. The van der Waals surface area contributed by atoms with E-state index in [4.69, 9.17) is 4.74 Å². The standard InChI is InChI=1S/C15H22N2O2/c18-15-10-13(11-5-1-2-6-11)16-14(17-15)9-12-7-3-4-8-19-12/h10-12H,1-9H2,(H,16,17,18). The number of H-pyrrole nitrogens is 1. The van der Waals surface area contributed by atoms with E-state index < -0.39 is 0 Å². The van der Waals surface area contributed by atoms with Crippen LogP contribution in [0.15, 0.2) is 10.9 Å². The average Bonchev–Trinajstić information content (AvgIpc) is 2.93. The van der Waals surface area contributed by atoms with Crippen LogP contribution < -0.4 is 5.56 Å². The fourth-order valence-electron chi connectivity index (χ4n) is 3.24. The molecule has 1 saturated carbocycles. The van der Waals surface area contributed by atoms with Crippen molar-refractivity contribution < 1.29 is 4.74 Å². The molecule has 4 heteroatoms. The highest BCUT2D eigenvalue weighted by atomic mass is 16.5. The second-order valence-corrected chi connectivity index (χ2v) is 5.79. The molecule has 1 unspecified atom stereocenters. The molecule has 2 aliphatic rings. The van der Waals surface area contributed by atoms with Gasteiger partial charge in [0.15, 0.2) is 0 Å². The lowest BCUT2D eigenvalue weighted by atomic mass is 10.0. The molecule has 104 valence electrons. The van der Waals surface area contributed by atoms with Gasteiger partial charge < -0.3 is 9.72 Å². The van der Waals surface area contributed by atoms with Gasteiger partial charge in [-0.3, -0.25) is 4.79 Å². The van der Waals surface area contributed by atoms with E-state index in [0.717, 1.165) is 37.4 Å². The summed E-state index contributed by atoms with van der Waals surface area (Å²) in [7, 11) is 0. The van der Waals surface area contributed by atoms with E-state index in [1.54, 1.807) is 6.07 Å². The number of nitrogens with zero attached hydrogens (tertiary/aromatic N) is 1. The second-order valence-electron chi connectivity index (χ2n) is 5.79. The van der Waals surface area contributed by atoms with E-state index >= 15 is 0 Å². The van der Waals surface area contributed by atoms with Crippen molar-refractivity contribution in [2.45, 2.75) is 63.4 Å². The third kappa shape index (κ3) is 3.24. The Morgan fingerprint density at radius 2 is 2.00 bits per heavy atom. The fourth-order valence-corrected chi connectivity index (χ4v) is 3.24. The van der Waals surface area contributed by atoms with Crippen molar-refractivity contribution in [3.05, 3.63) is 27.9 Å². The molecular formula is C15H22N2O2. The second kappa shape index (κ2) is 5.87. The molecule has 2 heterocycles. The van der Waals surface area contributed by atoms with Gasteiger partial charge in [0, 0.05) is 25.0 Å². The first-order valence-corrected chi connectivity index (χ1v) is 7.53. The van der Waals surface area contributed by atoms with E-state index in [9.17, 15) is 4.79 Å². The fraction of sp³-hybridized carbons (Fsp3) is 0.733. The van der Waals surface area contributed by atoms with Gasteiger partial charge in [-0.15, -0.1) is 0 Å². The molecule has 3 rings (SSSR count). The lowest BCUT2D eigenvalue weighted by Gasteiger charge is -2.22. The first kappa shape index (κ1) is 12.9. The Bertz CT molecular complexity index is 471. The highest BCUT2D eigenvalue weighted by Crippen LogP contribution is 2.32. The van der Waals surface area contributed by atoms with Crippen LogP contribution in [0.2, 0.25) is 0 Å². The first-order chi connectivity index (χ1) is 9.31. The smallest absolute Gasteiger partial charge is 0.251 e. The maximum atomic E-state index is 11.8. The number of ether oxygens (including phenoxy) is 1. The van der Waals surface area contributed by atoms with Gasteiger partial charge in [-0.2, -0.15) is 0 Å². The molecule has 0 amide bonds. The van der Waals surface area contributed by atoms with E-state index in [1.807, 2.05) is 0 Å². The van der Waals surface area contributed by atoms with Gasteiger partial charge in [0.2, 0.25) is 0 Å². The monoisotopic (exact) mass is 262 g/mol. The zero-order valence-corrected chi connectivity index (χ0v) is 11.4. The molecule has 1 N–H and O–H groups in total. The van der Waals surface area contributed by atoms with Crippen LogP contribution >= 0.6 is 0 Å². The highest BCUT2D eigenvalue weighted by Gasteiger charge is 2.21. The first-order valence-electron chi connectivity index (χ1n) is 7.53. The summed E-state index contributed by atoms with van der Waals surface area (Å²) >= 11 is 0. The lowest BCUT2D eigenvalue weighted by Crippen LogP contribution is -2.24. The summed E-state index contributed by atoms with van der Waals surface area (Å²) in [6.45, 7) is 0.844. The average molecular weight is 262 g/mol.